The summed E-state index contributed by atoms with van der Waals surface area (Å²) in [5.74, 6) is -3.21. The van der Waals surface area contributed by atoms with Crippen LogP contribution in [-0.2, 0) is 16.0 Å². The number of amides is 3. The maximum Gasteiger partial charge on any atom is 0.256 e. The Labute approximate surface area is 163 Å². The SMILES string of the molecule is NC(=O)Cc1csc(NC(=O)C2CCN(C(=O)c3ccc(F)cc3F)CC2)n1. The number of nitrogens with one attached hydrogen (secondary N) is 1. The van der Waals surface area contributed by atoms with Gasteiger partial charge in [0.25, 0.3) is 5.91 Å². The van der Waals surface area contributed by atoms with Crippen LogP contribution in [0.5, 0.6) is 0 Å². The van der Waals surface area contributed by atoms with Crippen molar-refractivity contribution in [3.63, 3.8) is 0 Å². The molecule has 1 fully saturated rings. The molecule has 0 aliphatic carbocycles. The number of benzene rings is 1. The molecule has 0 unspecified atom stereocenters. The summed E-state index contributed by atoms with van der Waals surface area (Å²) in [7, 11) is 0. The van der Waals surface area contributed by atoms with Crippen LogP contribution in [0.2, 0.25) is 0 Å². The smallest absolute Gasteiger partial charge is 0.256 e. The molecule has 0 bridgehead atoms. The highest BCUT2D eigenvalue weighted by molar-refractivity contribution is 7.13. The molecule has 0 saturated carbocycles. The standard InChI is InChI=1S/C18H18F2N4O3S/c19-11-1-2-13(14(20)7-11)17(27)24-5-3-10(4-6-24)16(26)23-18-22-12(9-28-18)8-15(21)25/h1-2,7,9-10H,3-6,8H2,(H2,21,25)(H,22,23,26). The number of thiazole rings is 1. The average molecular weight is 408 g/mol. The molecule has 10 heteroatoms. The Morgan fingerprint density at radius 3 is 2.61 bits per heavy atom. The van der Waals surface area contributed by atoms with Gasteiger partial charge in [-0.1, -0.05) is 0 Å². The van der Waals surface area contributed by atoms with Gasteiger partial charge in [-0.2, -0.15) is 0 Å². The van der Waals surface area contributed by atoms with Gasteiger partial charge in [0.15, 0.2) is 5.13 Å². The van der Waals surface area contributed by atoms with E-state index in [1.54, 1.807) is 5.38 Å². The van der Waals surface area contributed by atoms with Crippen LogP contribution in [0.25, 0.3) is 0 Å². The summed E-state index contributed by atoms with van der Waals surface area (Å²) >= 11 is 1.20. The van der Waals surface area contributed by atoms with Gasteiger partial charge in [0, 0.05) is 30.5 Å². The van der Waals surface area contributed by atoms with Gasteiger partial charge in [-0.05, 0) is 25.0 Å². The molecule has 2 aromatic rings. The largest absolute Gasteiger partial charge is 0.369 e. The minimum atomic E-state index is -0.902. The van der Waals surface area contributed by atoms with Gasteiger partial charge in [0.1, 0.15) is 11.6 Å². The lowest BCUT2D eigenvalue weighted by molar-refractivity contribution is -0.121. The third kappa shape index (κ3) is 4.69. The van der Waals surface area contributed by atoms with Gasteiger partial charge in [0.2, 0.25) is 11.8 Å². The van der Waals surface area contributed by atoms with Crippen LogP contribution in [0.15, 0.2) is 23.6 Å². The number of anilines is 1. The summed E-state index contributed by atoms with van der Waals surface area (Å²) in [6, 6.07) is 2.84. The minimum Gasteiger partial charge on any atom is -0.369 e. The molecule has 0 atom stereocenters. The first kappa shape index (κ1) is 19.9. The van der Waals surface area contributed by atoms with Crippen LogP contribution in [0.1, 0.15) is 28.9 Å². The van der Waals surface area contributed by atoms with E-state index in [1.807, 2.05) is 0 Å². The fourth-order valence-electron chi connectivity index (χ4n) is 3.01. The average Bonchev–Trinajstić information content (AvgIpc) is 3.07. The van der Waals surface area contributed by atoms with Gasteiger partial charge in [-0.15, -0.1) is 11.3 Å². The van der Waals surface area contributed by atoms with Gasteiger partial charge >= 0.3 is 0 Å². The Morgan fingerprint density at radius 1 is 1.25 bits per heavy atom. The van der Waals surface area contributed by atoms with Crippen molar-refractivity contribution in [2.45, 2.75) is 19.3 Å². The number of carbonyl (C=O) groups excluding carboxylic acids is 3. The number of primary amides is 1. The third-order valence-electron chi connectivity index (χ3n) is 4.45. The van der Waals surface area contributed by atoms with E-state index in [9.17, 15) is 23.2 Å². The van der Waals surface area contributed by atoms with Crippen molar-refractivity contribution in [1.29, 1.82) is 0 Å². The molecular formula is C18H18F2N4O3S. The van der Waals surface area contributed by atoms with Gasteiger partial charge in [0.05, 0.1) is 17.7 Å². The van der Waals surface area contributed by atoms with Crippen molar-refractivity contribution >= 4 is 34.2 Å². The molecule has 0 spiro atoms. The first-order valence-corrected chi connectivity index (χ1v) is 9.49. The fourth-order valence-corrected chi connectivity index (χ4v) is 3.72. The second-order valence-electron chi connectivity index (χ2n) is 6.47. The number of hydrogen-bond donors (Lipinski definition) is 2. The molecule has 1 saturated heterocycles. The normalized spacial score (nSPS) is 14.7. The number of carbonyl (C=O) groups is 3. The zero-order valence-corrected chi connectivity index (χ0v) is 15.6. The van der Waals surface area contributed by atoms with Crippen LogP contribution in [0.4, 0.5) is 13.9 Å². The number of piperidine rings is 1. The highest BCUT2D eigenvalue weighted by Crippen LogP contribution is 2.23. The number of hydrogen-bond acceptors (Lipinski definition) is 5. The van der Waals surface area contributed by atoms with E-state index in [2.05, 4.69) is 10.3 Å². The molecular weight excluding hydrogens is 390 g/mol. The van der Waals surface area contributed by atoms with Crippen molar-refractivity contribution in [2.75, 3.05) is 18.4 Å². The number of nitrogens with two attached hydrogens (primary N) is 1. The van der Waals surface area contributed by atoms with Crippen molar-refractivity contribution < 1.29 is 23.2 Å². The Kier molecular flexibility index (Phi) is 5.98. The van der Waals surface area contributed by atoms with Crippen molar-refractivity contribution in [3.8, 4) is 0 Å². The minimum absolute atomic E-state index is 0.00676. The van der Waals surface area contributed by atoms with Gasteiger partial charge in [-0.25, -0.2) is 13.8 Å². The number of halogens is 2. The summed E-state index contributed by atoms with van der Waals surface area (Å²) < 4.78 is 26.8. The maximum absolute atomic E-state index is 13.8. The number of aromatic nitrogens is 1. The molecule has 148 valence electrons. The van der Waals surface area contributed by atoms with E-state index in [0.717, 1.165) is 12.1 Å². The van der Waals surface area contributed by atoms with E-state index >= 15 is 0 Å². The van der Waals surface area contributed by atoms with Crippen LogP contribution in [-0.4, -0.2) is 40.7 Å². The number of nitrogens with zero attached hydrogens (tertiary/aromatic N) is 2. The highest BCUT2D eigenvalue weighted by Gasteiger charge is 2.29. The Balaban J connectivity index is 1.54. The Bertz CT molecular complexity index is 910. The second-order valence-corrected chi connectivity index (χ2v) is 7.33. The lowest BCUT2D eigenvalue weighted by Crippen LogP contribution is -2.41. The molecule has 28 heavy (non-hydrogen) atoms. The highest BCUT2D eigenvalue weighted by atomic mass is 32.1. The second kappa shape index (κ2) is 8.42. The molecule has 1 aliphatic rings. The molecule has 1 aromatic carbocycles. The summed E-state index contributed by atoms with van der Waals surface area (Å²) in [5, 5.41) is 4.74. The maximum atomic E-state index is 13.8. The van der Waals surface area contributed by atoms with Gasteiger partial charge in [-0.3, -0.25) is 14.4 Å². The summed E-state index contributed by atoms with van der Waals surface area (Å²) in [5.41, 5.74) is 5.42. The van der Waals surface area contributed by atoms with Crippen LogP contribution >= 0.6 is 11.3 Å². The first-order valence-electron chi connectivity index (χ1n) is 8.61. The summed E-state index contributed by atoms with van der Waals surface area (Å²) in [4.78, 5) is 41.3. The zero-order chi connectivity index (χ0) is 20.3. The monoisotopic (exact) mass is 408 g/mol. The first-order chi connectivity index (χ1) is 13.3. The summed E-state index contributed by atoms with van der Waals surface area (Å²) in [6.07, 6.45) is 0.840. The van der Waals surface area contributed by atoms with Crippen molar-refractivity contribution in [1.82, 2.24) is 9.88 Å². The quantitative estimate of drug-likeness (QED) is 0.789. The zero-order valence-electron chi connectivity index (χ0n) is 14.8. The summed E-state index contributed by atoms with van der Waals surface area (Å²) in [6.45, 7) is 0.580. The van der Waals surface area contributed by atoms with Crippen LogP contribution in [0.3, 0.4) is 0 Å². The van der Waals surface area contributed by atoms with Crippen LogP contribution < -0.4 is 11.1 Å². The molecule has 2 heterocycles. The third-order valence-corrected chi connectivity index (χ3v) is 5.26. The van der Waals surface area contributed by atoms with E-state index in [4.69, 9.17) is 5.73 Å². The predicted molar refractivity (Wildman–Crippen MR) is 98.6 cm³/mol. The molecule has 0 radical (unpaired) electrons. The van der Waals surface area contributed by atoms with Gasteiger partial charge < -0.3 is 16.0 Å². The number of rotatable bonds is 5. The molecule has 1 aliphatic heterocycles. The lowest BCUT2D eigenvalue weighted by Gasteiger charge is -2.31. The molecule has 3 amide bonds. The topological polar surface area (TPSA) is 105 Å². The van der Waals surface area contributed by atoms with Crippen LogP contribution in [0, 0.1) is 17.6 Å². The predicted octanol–water partition coefficient (Wildman–Crippen LogP) is 1.94. The van der Waals surface area contributed by atoms with Crippen molar-refractivity contribution in [3.05, 3.63) is 46.5 Å². The van der Waals surface area contributed by atoms with E-state index in [1.165, 1.54) is 16.2 Å². The van der Waals surface area contributed by atoms with E-state index < -0.39 is 23.4 Å². The Morgan fingerprint density at radius 2 is 1.96 bits per heavy atom. The fraction of sp³-hybridized carbons (Fsp3) is 0.333. The Hall–Kier alpha value is -2.88. The lowest BCUT2D eigenvalue weighted by atomic mass is 9.95. The van der Waals surface area contributed by atoms with E-state index in [0.29, 0.717) is 42.8 Å². The molecule has 3 rings (SSSR count). The molecule has 7 nitrogen and oxygen atoms in total. The van der Waals surface area contributed by atoms with E-state index in [-0.39, 0.29) is 23.8 Å². The molecule has 3 N–H and O–H groups in total. The van der Waals surface area contributed by atoms with Crippen molar-refractivity contribution in [2.24, 2.45) is 11.7 Å². The molecule has 1 aromatic heterocycles. The number of likely N-dealkylation sites (tertiary alicyclic amines) is 1.